The van der Waals surface area contributed by atoms with Crippen molar-refractivity contribution in [2.75, 3.05) is 7.05 Å². The number of aromatic nitrogens is 2. The number of carbonyl (C=O) groups is 1. The molecule has 0 bridgehead atoms. The van der Waals surface area contributed by atoms with Gasteiger partial charge in [0.05, 0.1) is 17.2 Å². The van der Waals surface area contributed by atoms with Gasteiger partial charge in [0.1, 0.15) is 0 Å². The van der Waals surface area contributed by atoms with Crippen LogP contribution >= 0.6 is 0 Å². The fraction of sp³-hybridized carbons (Fsp3) is 0.550. The van der Waals surface area contributed by atoms with Crippen LogP contribution in [0.5, 0.6) is 0 Å². The molecule has 0 spiro atoms. The first-order chi connectivity index (χ1) is 12.0. The maximum atomic E-state index is 12.6. The molecule has 0 N–H and O–H groups in total. The van der Waals surface area contributed by atoms with Crippen molar-refractivity contribution in [3.63, 3.8) is 0 Å². The predicted octanol–water partition coefficient (Wildman–Crippen LogP) is 3.13. The first-order valence-electron chi connectivity index (χ1n) is 9.19. The lowest BCUT2D eigenvalue weighted by atomic mass is 9.85. The highest BCUT2D eigenvalue weighted by Gasteiger charge is 2.27. The first kappa shape index (κ1) is 17.6. The Kier molecular flexibility index (Phi) is 5.21. The van der Waals surface area contributed by atoms with Gasteiger partial charge in [0.25, 0.3) is 5.56 Å². The number of fused-ring (bicyclic) bond motifs is 1. The minimum Gasteiger partial charge on any atom is -0.342 e. The van der Waals surface area contributed by atoms with Crippen molar-refractivity contribution in [3.8, 4) is 0 Å². The maximum Gasteiger partial charge on any atom is 0.261 e. The van der Waals surface area contributed by atoms with Crippen LogP contribution in [0.1, 0.15) is 44.6 Å². The van der Waals surface area contributed by atoms with Gasteiger partial charge in [0.15, 0.2) is 0 Å². The summed E-state index contributed by atoms with van der Waals surface area (Å²) in [6.45, 7) is 4.55. The van der Waals surface area contributed by atoms with Crippen LogP contribution in [0.25, 0.3) is 10.9 Å². The fourth-order valence-corrected chi connectivity index (χ4v) is 3.95. The number of benzene rings is 1. The fourth-order valence-electron chi connectivity index (χ4n) is 3.95. The average Bonchev–Trinajstić information content (AvgIpc) is 2.61. The van der Waals surface area contributed by atoms with Crippen molar-refractivity contribution in [3.05, 3.63) is 40.4 Å². The molecule has 0 saturated heterocycles. The van der Waals surface area contributed by atoms with Crippen LogP contribution in [0.3, 0.4) is 0 Å². The number of amides is 1. The van der Waals surface area contributed by atoms with E-state index in [4.69, 9.17) is 0 Å². The summed E-state index contributed by atoms with van der Waals surface area (Å²) in [5.74, 6) is 0.658. The van der Waals surface area contributed by atoms with Gasteiger partial charge in [-0.15, -0.1) is 0 Å². The zero-order chi connectivity index (χ0) is 18.0. The van der Waals surface area contributed by atoms with Crippen LogP contribution in [0.2, 0.25) is 0 Å². The van der Waals surface area contributed by atoms with Crippen molar-refractivity contribution >= 4 is 16.8 Å². The summed E-state index contributed by atoms with van der Waals surface area (Å²) in [4.78, 5) is 31.5. The third-order valence-electron chi connectivity index (χ3n) is 5.58. The van der Waals surface area contributed by atoms with Gasteiger partial charge in [-0.25, -0.2) is 4.98 Å². The molecule has 2 atom stereocenters. The van der Waals surface area contributed by atoms with Gasteiger partial charge in [-0.3, -0.25) is 14.2 Å². The summed E-state index contributed by atoms with van der Waals surface area (Å²) in [6, 6.07) is 5.94. The Bertz CT molecular complexity index is 827. The highest BCUT2D eigenvalue weighted by Crippen LogP contribution is 2.27. The van der Waals surface area contributed by atoms with Crippen LogP contribution in [0.4, 0.5) is 0 Å². The van der Waals surface area contributed by atoms with Gasteiger partial charge in [-0.05, 0) is 37.3 Å². The van der Waals surface area contributed by atoms with Crippen LogP contribution in [-0.4, -0.2) is 33.4 Å². The SMILES string of the molecule is Cc1cccc2c(=O)n(CCC(=O)N(C)[C@@H]3CCCC[C@H]3C)cnc12. The normalized spacial score (nSPS) is 20.6. The second-order valence-electron chi connectivity index (χ2n) is 7.30. The van der Waals surface area contributed by atoms with E-state index in [0.29, 0.717) is 30.3 Å². The van der Waals surface area contributed by atoms with Crippen LogP contribution in [-0.2, 0) is 11.3 Å². The smallest absolute Gasteiger partial charge is 0.261 e. The van der Waals surface area contributed by atoms with E-state index in [1.165, 1.54) is 19.3 Å². The second kappa shape index (κ2) is 7.38. The summed E-state index contributed by atoms with van der Waals surface area (Å²) in [5, 5.41) is 0.615. The average molecular weight is 341 g/mol. The van der Waals surface area contributed by atoms with Gasteiger partial charge in [0, 0.05) is 26.1 Å². The van der Waals surface area contributed by atoms with E-state index in [-0.39, 0.29) is 11.5 Å². The molecule has 5 nitrogen and oxygen atoms in total. The van der Waals surface area contributed by atoms with Crippen LogP contribution in [0.15, 0.2) is 29.3 Å². The Balaban J connectivity index is 1.71. The lowest BCUT2D eigenvalue weighted by molar-refractivity contribution is -0.133. The molecule has 1 amide bonds. The van der Waals surface area contributed by atoms with Gasteiger partial charge in [0.2, 0.25) is 5.91 Å². The van der Waals surface area contributed by atoms with E-state index in [1.54, 1.807) is 17.0 Å². The highest BCUT2D eigenvalue weighted by atomic mass is 16.2. The number of para-hydroxylation sites is 1. The highest BCUT2D eigenvalue weighted by molar-refractivity contribution is 5.80. The Morgan fingerprint density at radius 2 is 2.08 bits per heavy atom. The number of nitrogens with zero attached hydrogens (tertiary/aromatic N) is 3. The van der Waals surface area contributed by atoms with Crippen molar-refractivity contribution in [2.45, 2.75) is 58.5 Å². The van der Waals surface area contributed by atoms with Gasteiger partial charge in [-0.1, -0.05) is 31.9 Å². The number of hydrogen-bond acceptors (Lipinski definition) is 3. The molecular weight excluding hydrogens is 314 g/mol. The molecule has 134 valence electrons. The molecule has 1 fully saturated rings. The first-order valence-corrected chi connectivity index (χ1v) is 9.19. The van der Waals surface area contributed by atoms with E-state index in [1.807, 2.05) is 31.0 Å². The van der Waals surface area contributed by atoms with E-state index < -0.39 is 0 Å². The number of hydrogen-bond donors (Lipinski definition) is 0. The molecule has 1 aromatic heterocycles. The monoisotopic (exact) mass is 341 g/mol. The zero-order valence-electron chi connectivity index (χ0n) is 15.4. The predicted molar refractivity (Wildman–Crippen MR) is 99.5 cm³/mol. The summed E-state index contributed by atoms with van der Waals surface area (Å²) in [6.07, 6.45) is 6.62. The topological polar surface area (TPSA) is 55.2 Å². The number of carbonyl (C=O) groups excluding carboxylic acids is 1. The molecule has 0 aliphatic heterocycles. The lowest BCUT2D eigenvalue weighted by Crippen LogP contribution is -2.43. The molecule has 5 heteroatoms. The molecule has 1 aliphatic carbocycles. The van der Waals surface area contributed by atoms with Crippen LogP contribution in [0, 0.1) is 12.8 Å². The third kappa shape index (κ3) is 3.60. The molecular formula is C20H27N3O2. The quantitative estimate of drug-likeness (QED) is 0.858. The van der Waals surface area contributed by atoms with Crippen molar-refractivity contribution in [1.29, 1.82) is 0 Å². The van der Waals surface area contributed by atoms with E-state index >= 15 is 0 Å². The number of aryl methyl sites for hydroxylation is 2. The molecule has 1 aliphatic rings. The minimum atomic E-state index is -0.0739. The molecule has 1 heterocycles. The van der Waals surface area contributed by atoms with E-state index in [2.05, 4.69) is 11.9 Å². The molecule has 0 unspecified atom stereocenters. The molecule has 2 aromatic rings. The number of rotatable bonds is 4. The summed E-state index contributed by atoms with van der Waals surface area (Å²) in [7, 11) is 1.90. The molecule has 25 heavy (non-hydrogen) atoms. The summed E-state index contributed by atoms with van der Waals surface area (Å²) < 4.78 is 1.55. The van der Waals surface area contributed by atoms with Crippen LogP contribution < -0.4 is 5.56 Å². The minimum absolute atomic E-state index is 0.0739. The standard InChI is InChI=1S/C20H27N3O2/c1-14-7-4-5-10-17(14)22(3)18(24)11-12-23-13-21-19-15(2)8-6-9-16(19)20(23)25/h6,8-9,13-14,17H,4-5,7,10-12H2,1-3H3/t14-,17-/m1/s1. The van der Waals surface area contributed by atoms with Crippen molar-refractivity contribution < 1.29 is 4.79 Å². The third-order valence-corrected chi connectivity index (χ3v) is 5.58. The largest absolute Gasteiger partial charge is 0.342 e. The molecule has 0 radical (unpaired) electrons. The summed E-state index contributed by atoms with van der Waals surface area (Å²) >= 11 is 0. The Morgan fingerprint density at radius 1 is 1.32 bits per heavy atom. The van der Waals surface area contributed by atoms with E-state index in [9.17, 15) is 9.59 Å². The Hall–Kier alpha value is -2.17. The van der Waals surface area contributed by atoms with Crippen molar-refractivity contribution in [2.24, 2.45) is 5.92 Å². The van der Waals surface area contributed by atoms with Crippen molar-refractivity contribution in [1.82, 2.24) is 14.5 Å². The van der Waals surface area contributed by atoms with Gasteiger partial charge in [-0.2, -0.15) is 0 Å². The lowest BCUT2D eigenvalue weighted by Gasteiger charge is -2.36. The zero-order valence-corrected chi connectivity index (χ0v) is 15.4. The Labute approximate surface area is 148 Å². The second-order valence-corrected chi connectivity index (χ2v) is 7.30. The summed E-state index contributed by atoms with van der Waals surface area (Å²) in [5.41, 5.74) is 1.65. The molecule has 1 aromatic carbocycles. The van der Waals surface area contributed by atoms with Gasteiger partial charge >= 0.3 is 0 Å². The molecule has 1 saturated carbocycles. The Morgan fingerprint density at radius 3 is 2.84 bits per heavy atom. The van der Waals surface area contributed by atoms with E-state index in [0.717, 1.165) is 17.5 Å². The maximum absolute atomic E-state index is 12.6. The van der Waals surface area contributed by atoms with Gasteiger partial charge < -0.3 is 4.90 Å². The molecule has 3 rings (SSSR count).